The van der Waals surface area contributed by atoms with Crippen LogP contribution >= 0.6 is 11.6 Å². The van der Waals surface area contributed by atoms with Gasteiger partial charge in [-0.05, 0) is 60.5 Å². The Kier molecular flexibility index (Phi) is 6.06. The molecule has 0 saturated carbocycles. The summed E-state index contributed by atoms with van der Waals surface area (Å²) in [5.74, 6) is -4.39. The number of fused-ring (bicyclic) bond motifs is 2. The number of hydrogen-bond acceptors (Lipinski definition) is 4. The van der Waals surface area contributed by atoms with Gasteiger partial charge in [0.1, 0.15) is 0 Å². The van der Waals surface area contributed by atoms with Crippen LogP contribution < -0.4 is 9.80 Å². The molecule has 5 rings (SSSR count). The molecule has 2 aliphatic rings. The number of benzene rings is 3. The predicted octanol–water partition coefficient (Wildman–Crippen LogP) is 4.41. The van der Waals surface area contributed by atoms with Crippen molar-refractivity contribution in [3.8, 4) is 0 Å². The van der Waals surface area contributed by atoms with Crippen LogP contribution in [-0.4, -0.2) is 47.6 Å². The van der Waals surface area contributed by atoms with Crippen molar-refractivity contribution in [3.63, 3.8) is 0 Å². The molecule has 2 amide bonds. The van der Waals surface area contributed by atoms with Crippen molar-refractivity contribution in [2.75, 3.05) is 29.5 Å². The van der Waals surface area contributed by atoms with Crippen LogP contribution in [0.5, 0.6) is 0 Å². The highest BCUT2D eigenvalue weighted by Crippen LogP contribution is 2.47. The van der Waals surface area contributed by atoms with Crippen LogP contribution in [-0.2, 0) is 12.0 Å². The van der Waals surface area contributed by atoms with E-state index in [1.165, 1.54) is 12.1 Å². The van der Waals surface area contributed by atoms with Crippen molar-refractivity contribution in [2.24, 2.45) is 0 Å². The third-order valence-corrected chi connectivity index (χ3v) is 7.18. The highest BCUT2D eigenvalue weighted by atomic mass is 35.5. The summed E-state index contributed by atoms with van der Waals surface area (Å²) in [6, 6.07) is 17.8. The Hall–Kier alpha value is -3.33. The monoisotopic (exact) mass is 512 g/mol. The smallest absolute Gasteiger partial charge is 0.284 e. The Morgan fingerprint density at radius 1 is 1.03 bits per heavy atom. The van der Waals surface area contributed by atoms with Gasteiger partial charge in [-0.25, -0.2) is 8.78 Å². The summed E-state index contributed by atoms with van der Waals surface area (Å²) in [6.45, 7) is -1.12. The first kappa shape index (κ1) is 24.4. The molecule has 2 heterocycles. The Morgan fingerprint density at radius 3 is 2.47 bits per heavy atom. The fourth-order valence-corrected chi connectivity index (χ4v) is 5.05. The van der Waals surface area contributed by atoms with E-state index < -0.39 is 30.5 Å². The number of carbonyl (C=O) groups is 2. The van der Waals surface area contributed by atoms with Gasteiger partial charge in [-0.2, -0.15) is 0 Å². The molecule has 186 valence electrons. The van der Waals surface area contributed by atoms with E-state index in [4.69, 9.17) is 11.6 Å². The van der Waals surface area contributed by atoms with Gasteiger partial charge in [0, 0.05) is 46.9 Å². The number of halogens is 3. The molecule has 3 aromatic rings. The molecule has 0 unspecified atom stereocenters. The van der Waals surface area contributed by atoms with Gasteiger partial charge in [-0.1, -0.05) is 29.8 Å². The van der Waals surface area contributed by atoms with E-state index >= 15 is 0 Å². The van der Waals surface area contributed by atoms with Gasteiger partial charge >= 0.3 is 0 Å². The first-order valence-corrected chi connectivity index (χ1v) is 11.9. The number of anilines is 2. The zero-order valence-corrected chi connectivity index (χ0v) is 19.9. The highest BCUT2D eigenvalue weighted by Gasteiger charge is 2.56. The average Bonchev–Trinajstić information content (AvgIpc) is 2.97. The zero-order chi connectivity index (χ0) is 25.7. The van der Waals surface area contributed by atoms with Gasteiger partial charge in [-0.3, -0.25) is 9.59 Å². The standard InChI is InChI=1S/C27H23ClF2N2O4/c28-19-7-10-23-22(15-19)26(36,16-33)27(29,30)12-14-32(23)24(34)18-5-8-20(9-6-18)31-13-11-17-3-1-2-4-21(17)25(31)35/h1-10,15,33,36H,11-14,16H2/t26-/m0/s1. The predicted molar refractivity (Wildman–Crippen MR) is 132 cm³/mol. The van der Waals surface area contributed by atoms with Crippen LogP contribution in [0.2, 0.25) is 5.02 Å². The van der Waals surface area contributed by atoms with E-state index in [1.54, 1.807) is 35.2 Å². The maximum atomic E-state index is 14.9. The van der Waals surface area contributed by atoms with Gasteiger partial charge in [0.2, 0.25) is 0 Å². The molecule has 0 radical (unpaired) electrons. The lowest BCUT2D eigenvalue weighted by molar-refractivity contribution is -0.205. The van der Waals surface area contributed by atoms with Crippen molar-refractivity contribution in [2.45, 2.75) is 24.4 Å². The number of rotatable bonds is 3. The van der Waals surface area contributed by atoms with E-state index in [2.05, 4.69) is 0 Å². The van der Waals surface area contributed by atoms with Crippen LogP contribution in [0.3, 0.4) is 0 Å². The number of hydrogen-bond donors (Lipinski definition) is 2. The Morgan fingerprint density at radius 2 is 1.75 bits per heavy atom. The summed E-state index contributed by atoms with van der Waals surface area (Å²) in [4.78, 5) is 29.2. The molecular weight excluding hydrogens is 490 g/mol. The molecule has 0 spiro atoms. The quantitative estimate of drug-likeness (QED) is 0.545. The van der Waals surface area contributed by atoms with Crippen LogP contribution in [0.4, 0.5) is 20.2 Å². The molecule has 3 aromatic carbocycles. The molecule has 2 aliphatic heterocycles. The Balaban J connectivity index is 1.46. The highest BCUT2D eigenvalue weighted by molar-refractivity contribution is 6.30. The van der Waals surface area contributed by atoms with E-state index in [1.807, 2.05) is 18.2 Å². The van der Waals surface area contributed by atoms with Crippen molar-refractivity contribution in [1.29, 1.82) is 0 Å². The summed E-state index contributed by atoms with van der Waals surface area (Å²) in [6.07, 6.45) is -0.153. The Bertz CT molecular complexity index is 1350. The van der Waals surface area contributed by atoms with Gasteiger partial charge in [-0.15, -0.1) is 0 Å². The lowest BCUT2D eigenvalue weighted by Crippen LogP contribution is -2.48. The summed E-state index contributed by atoms with van der Waals surface area (Å²) in [5, 5.41) is 20.6. The minimum Gasteiger partial charge on any atom is -0.393 e. The average molecular weight is 513 g/mol. The molecule has 0 aliphatic carbocycles. The fraction of sp³-hybridized carbons (Fsp3) is 0.259. The minimum atomic E-state index is -3.70. The molecule has 0 saturated heterocycles. The molecule has 0 fully saturated rings. The van der Waals surface area contributed by atoms with Crippen LogP contribution in [0.1, 0.15) is 38.3 Å². The summed E-state index contributed by atoms with van der Waals surface area (Å²) in [5.41, 5.74) is -0.687. The molecule has 2 N–H and O–H groups in total. The van der Waals surface area contributed by atoms with Crippen molar-refractivity contribution < 1.29 is 28.6 Å². The molecule has 9 heteroatoms. The third-order valence-electron chi connectivity index (χ3n) is 6.95. The van der Waals surface area contributed by atoms with Gasteiger partial charge in [0.15, 0.2) is 5.60 Å². The maximum Gasteiger partial charge on any atom is 0.284 e. The normalized spacial score (nSPS) is 21.0. The number of nitrogens with zero attached hydrogens (tertiary/aromatic N) is 2. The lowest BCUT2D eigenvalue weighted by atomic mass is 9.86. The molecule has 36 heavy (non-hydrogen) atoms. The number of alkyl halides is 2. The summed E-state index contributed by atoms with van der Waals surface area (Å²) < 4.78 is 29.9. The number of aliphatic hydroxyl groups excluding tert-OH is 1. The van der Waals surface area contributed by atoms with Crippen LogP contribution in [0.15, 0.2) is 66.7 Å². The Labute approximate surface area is 211 Å². The van der Waals surface area contributed by atoms with Gasteiger partial charge < -0.3 is 20.0 Å². The van der Waals surface area contributed by atoms with E-state index in [9.17, 15) is 28.6 Å². The fourth-order valence-electron chi connectivity index (χ4n) is 4.88. The van der Waals surface area contributed by atoms with Gasteiger partial charge in [0.05, 0.1) is 12.3 Å². The molecule has 6 nitrogen and oxygen atoms in total. The van der Waals surface area contributed by atoms with Crippen LogP contribution in [0.25, 0.3) is 0 Å². The lowest BCUT2D eigenvalue weighted by Gasteiger charge is -2.33. The number of carbonyl (C=O) groups excluding carboxylic acids is 2. The largest absolute Gasteiger partial charge is 0.393 e. The maximum absolute atomic E-state index is 14.9. The zero-order valence-electron chi connectivity index (χ0n) is 19.1. The molecule has 1 atom stereocenters. The van der Waals surface area contributed by atoms with E-state index in [0.29, 0.717) is 24.2 Å². The first-order chi connectivity index (χ1) is 17.2. The summed E-state index contributed by atoms with van der Waals surface area (Å²) in [7, 11) is 0. The van der Waals surface area contributed by atoms with Crippen molar-refractivity contribution in [3.05, 3.63) is 94.0 Å². The van der Waals surface area contributed by atoms with E-state index in [-0.39, 0.29) is 34.3 Å². The second-order valence-corrected chi connectivity index (χ2v) is 9.44. The molecular formula is C27H23ClF2N2O4. The number of aliphatic hydroxyl groups is 2. The first-order valence-electron chi connectivity index (χ1n) is 11.5. The van der Waals surface area contributed by atoms with Crippen molar-refractivity contribution >= 4 is 34.8 Å². The topological polar surface area (TPSA) is 81.1 Å². The minimum absolute atomic E-state index is 0.0463. The second kappa shape index (κ2) is 8.96. The SMILES string of the molecule is O=C1c2ccccc2CCN1c1ccc(C(=O)N2CCC(F)(F)[C@](O)(CO)c3cc(Cl)ccc32)cc1. The third kappa shape index (κ3) is 3.86. The van der Waals surface area contributed by atoms with Crippen molar-refractivity contribution in [1.82, 2.24) is 0 Å². The molecule has 0 aromatic heterocycles. The summed E-state index contributed by atoms with van der Waals surface area (Å²) >= 11 is 6.01. The second-order valence-electron chi connectivity index (χ2n) is 9.00. The number of amides is 2. The van der Waals surface area contributed by atoms with Gasteiger partial charge in [0.25, 0.3) is 17.7 Å². The van der Waals surface area contributed by atoms with Crippen LogP contribution in [0, 0.1) is 0 Å². The molecule has 0 bridgehead atoms. The van der Waals surface area contributed by atoms with E-state index in [0.717, 1.165) is 16.5 Å².